The van der Waals surface area contributed by atoms with Gasteiger partial charge in [-0.15, -0.1) is 21.5 Å². The maximum absolute atomic E-state index is 13.1. The SMILES string of the molecule is COC(=O)c1ccc(C(=O)OC)c(NC(=O)C2CCCN(c3ccc(-c4cccs4)nn3)C2)c1. The molecule has 0 spiro atoms. The zero-order chi connectivity index (χ0) is 24.1. The first-order valence-electron chi connectivity index (χ1n) is 10.7. The molecule has 1 aliphatic heterocycles. The summed E-state index contributed by atoms with van der Waals surface area (Å²) in [5, 5.41) is 13.5. The lowest BCUT2D eigenvalue weighted by Gasteiger charge is -2.32. The van der Waals surface area contributed by atoms with E-state index in [4.69, 9.17) is 9.47 Å². The lowest BCUT2D eigenvalue weighted by molar-refractivity contribution is -0.120. The number of carbonyl (C=O) groups excluding carboxylic acids is 3. The molecule has 176 valence electrons. The van der Waals surface area contributed by atoms with Gasteiger partial charge < -0.3 is 19.7 Å². The van der Waals surface area contributed by atoms with Crippen molar-refractivity contribution in [3.8, 4) is 10.6 Å². The Labute approximate surface area is 200 Å². The lowest BCUT2D eigenvalue weighted by Crippen LogP contribution is -2.41. The van der Waals surface area contributed by atoms with Crippen molar-refractivity contribution >= 4 is 40.7 Å². The molecule has 1 atom stereocenters. The van der Waals surface area contributed by atoms with Gasteiger partial charge in [-0.3, -0.25) is 4.79 Å². The zero-order valence-corrected chi connectivity index (χ0v) is 19.6. The Morgan fingerprint density at radius 3 is 2.56 bits per heavy atom. The number of anilines is 2. The lowest BCUT2D eigenvalue weighted by atomic mass is 9.96. The third kappa shape index (κ3) is 5.07. The summed E-state index contributed by atoms with van der Waals surface area (Å²) in [6.07, 6.45) is 1.49. The first kappa shape index (κ1) is 23.4. The molecular weight excluding hydrogens is 456 g/mol. The molecule has 0 saturated carbocycles. The summed E-state index contributed by atoms with van der Waals surface area (Å²) in [5.41, 5.74) is 1.39. The smallest absolute Gasteiger partial charge is 0.339 e. The standard InChI is InChI=1S/C24H24N4O5S/c1-32-23(30)15-7-8-17(24(31)33-2)19(13-15)25-22(29)16-5-3-11-28(14-16)21-10-9-18(26-27-21)20-6-4-12-34-20/h4,6-10,12-13,16H,3,5,11,14H2,1-2H3,(H,25,29). The molecule has 10 heteroatoms. The summed E-state index contributed by atoms with van der Waals surface area (Å²) in [6.45, 7) is 1.23. The van der Waals surface area contributed by atoms with Crippen molar-refractivity contribution < 1.29 is 23.9 Å². The second kappa shape index (κ2) is 10.4. The molecule has 9 nitrogen and oxygen atoms in total. The van der Waals surface area contributed by atoms with Crippen molar-refractivity contribution in [1.29, 1.82) is 0 Å². The van der Waals surface area contributed by atoms with Crippen LogP contribution in [0.2, 0.25) is 0 Å². The van der Waals surface area contributed by atoms with E-state index in [1.807, 2.05) is 34.5 Å². The molecule has 0 radical (unpaired) electrons. The van der Waals surface area contributed by atoms with Crippen LogP contribution in [-0.4, -0.2) is 55.4 Å². The van der Waals surface area contributed by atoms with Crippen molar-refractivity contribution in [3.63, 3.8) is 0 Å². The molecule has 1 saturated heterocycles. The van der Waals surface area contributed by atoms with E-state index in [9.17, 15) is 14.4 Å². The fourth-order valence-corrected chi connectivity index (χ4v) is 4.55. The van der Waals surface area contributed by atoms with E-state index in [1.165, 1.54) is 32.4 Å². The highest BCUT2D eigenvalue weighted by Crippen LogP contribution is 2.27. The number of nitrogens with one attached hydrogen (secondary N) is 1. The number of hydrogen-bond donors (Lipinski definition) is 1. The Morgan fingerprint density at radius 2 is 1.88 bits per heavy atom. The zero-order valence-electron chi connectivity index (χ0n) is 18.8. The summed E-state index contributed by atoms with van der Waals surface area (Å²) in [6, 6.07) is 12.1. The van der Waals surface area contributed by atoms with Gasteiger partial charge in [-0.1, -0.05) is 6.07 Å². The second-order valence-electron chi connectivity index (χ2n) is 7.77. The van der Waals surface area contributed by atoms with Crippen LogP contribution in [0.4, 0.5) is 11.5 Å². The monoisotopic (exact) mass is 480 g/mol. The fraction of sp³-hybridized carbons (Fsp3) is 0.292. The van der Waals surface area contributed by atoms with Crippen LogP contribution in [0.3, 0.4) is 0 Å². The van der Waals surface area contributed by atoms with Crippen LogP contribution in [0, 0.1) is 5.92 Å². The molecule has 1 aromatic carbocycles. The number of nitrogens with zero attached hydrogens (tertiary/aromatic N) is 3. The highest BCUT2D eigenvalue weighted by molar-refractivity contribution is 7.13. The number of methoxy groups -OCH3 is 2. The van der Waals surface area contributed by atoms with Gasteiger partial charge >= 0.3 is 11.9 Å². The second-order valence-corrected chi connectivity index (χ2v) is 8.72. The summed E-state index contributed by atoms with van der Waals surface area (Å²) >= 11 is 1.60. The van der Waals surface area contributed by atoms with Gasteiger partial charge in [0.2, 0.25) is 5.91 Å². The first-order valence-corrected chi connectivity index (χ1v) is 11.6. The number of ether oxygens (including phenoxy) is 2. The van der Waals surface area contributed by atoms with Crippen molar-refractivity contribution in [2.24, 2.45) is 5.92 Å². The molecule has 1 unspecified atom stereocenters. The molecule has 1 aliphatic rings. The third-order valence-corrected chi connectivity index (χ3v) is 6.54. The predicted octanol–water partition coefficient (Wildman–Crippen LogP) is 3.63. The van der Waals surface area contributed by atoms with Gasteiger partial charge in [-0.2, -0.15) is 0 Å². The number of aromatic nitrogens is 2. The molecule has 0 bridgehead atoms. The molecule has 34 heavy (non-hydrogen) atoms. The number of benzene rings is 1. The summed E-state index contributed by atoms with van der Waals surface area (Å²) in [5.74, 6) is -1.06. The molecule has 1 N–H and O–H groups in total. The number of amides is 1. The summed E-state index contributed by atoms with van der Waals surface area (Å²) in [4.78, 5) is 40.3. The van der Waals surface area contributed by atoms with E-state index < -0.39 is 11.9 Å². The summed E-state index contributed by atoms with van der Waals surface area (Å²) in [7, 11) is 2.52. The number of piperidine rings is 1. The van der Waals surface area contributed by atoms with Gasteiger partial charge in [0, 0.05) is 13.1 Å². The summed E-state index contributed by atoms with van der Waals surface area (Å²) < 4.78 is 9.56. The van der Waals surface area contributed by atoms with Crippen molar-refractivity contribution in [1.82, 2.24) is 10.2 Å². The normalized spacial score (nSPS) is 15.5. The van der Waals surface area contributed by atoms with Gasteiger partial charge in [-0.05, 0) is 54.6 Å². The molecule has 1 amide bonds. The number of thiophene rings is 1. The van der Waals surface area contributed by atoms with Crippen LogP contribution in [0.5, 0.6) is 0 Å². The Kier molecular flexibility index (Phi) is 7.17. The first-order chi connectivity index (χ1) is 16.5. The Hall–Kier alpha value is -3.79. The van der Waals surface area contributed by atoms with Crippen LogP contribution >= 0.6 is 11.3 Å². The molecule has 2 aromatic heterocycles. The number of carbonyl (C=O) groups is 3. The largest absolute Gasteiger partial charge is 0.465 e. The molecule has 3 heterocycles. The molecular formula is C24H24N4O5S. The van der Waals surface area contributed by atoms with Crippen LogP contribution in [0.1, 0.15) is 33.6 Å². The molecule has 3 aromatic rings. The van der Waals surface area contributed by atoms with Crippen molar-refractivity contribution in [3.05, 3.63) is 59.0 Å². The molecule has 1 fully saturated rings. The number of rotatable bonds is 6. The third-order valence-electron chi connectivity index (χ3n) is 5.64. The van der Waals surface area contributed by atoms with E-state index in [2.05, 4.69) is 15.5 Å². The van der Waals surface area contributed by atoms with E-state index in [-0.39, 0.29) is 28.6 Å². The van der Waals surface area contributed by atoms with Gasteiger partial charge in [0.25, 0.3) is 0 Å². The van der Waals surface area contributed by atoms with Crippen LogP contribution < -0.4 is 10.2 Å². The number of hydrogen-bond acceptors (Lipinski definition) is 9. The average Bonchev–Trinajstić information content (AvgIpc) is 3.43. The Bertz CT molecular complexity index is 1180. The van der Waals surface area contributed by atoms with Crippen LogP contribution in [0.25, 0.3) is 10.6 Å². The average molecular weight is 481 g/mol. The molecule has 0 aliphatic carbocycles. The fourth-order valence-electron chi connectivity index (χ4n) is 3.86. The van der Waals surface area contributed by atoms with Gasteiger partial charge in [-0.25, -0.2) is 9.59 Å². The highest BCUT2D eigenvalue weighted by Gasteiger charge is 2.28. The van der Waals surface area contributed by atoms with E-state index in [0.717, 1.165) is 23.5 Å². The molecule has 4 rings (SSSR count). The van der Waals surface area contributed by atoms with E-state index in [0.29, 0.717) is 18.8 Å². The van der Waals surface area contributed by atoms with Crippen LogP contribution in [-0.2, 0) is 14.3 Å². The number of esters is 2. The Morgan fingerprint density at radius 1 is 1.06 bits per heavy atom. The maximum Gasteiger partial charge on any atom is 0.339 e. The van der Waals surface area contributed by atoms with Crippen LogP contribution in [0.15, 0.2) is 47.8 Å². The quantitative estimate of drug-likeness (QED) is 0.533. The minimum absolute atomic E-state index is 0.159. The Balaban J connectivity index is 1.49. The van der Waals surface area contributed by atoms with E-state index in [1.54, 1.807) is 11.3 Å². The minimum Gasteiger partial charge on any atom is -0.465 e. The highest BCUT2D eigenvalue weighted by atomic mass is 32.1. The van der Waals surface area contributed by atoms with Gasteiger partial charge in [0.15, 0.2) is 5.82 Å². The van der Waals surface area contributed by atoms with Gasteiger partial charge in [0.1, 0.15) is 5.69 Å². The maximum atomic E-state index is 13.1. The van der Waals surface area contributed by atoms with Gasteiger partial charge in [0.05, 0.1) is 41.8 Å². The van der Waals surface area contributed by atoms with E-state index >= 15 is 0 Å². The predicted molar refractivity (Wildman–Crippen MR) is 128 cm³/mol. The van der Waals surface area contributed by atoms with Crippen molar-refractivity contribution in [2.75, 3.05) is 37.5 Å². The minimum atomic E-state index is -0.613. The topological polar surface area (TPSA) is 111 Å². The van der Waals surface area contributed by atoms with Crippen molar-refractivity contribution in [2.45, 2.75) is 12.8 Å².